The van der Waals surface area contributed by atoms with Crippen molar-refractivity contribution in [3.05, 3.63) is 11.9 Å². The van der Waals surface area contributed by atoms with Crippen LogP contribution in [0.25, 0.3) is 0 Å². The summed E-state index contributed by atoms with van der Waals surface area (Å²) in [7, 11) is 5.44. The van der Waals surface area contributed by atoms with Crippen molar-refractivity contribution in [3.8, 4) is 0 Å². The lowest BCUT2D eigenvalue weighted by atomic mass is 10.1. The first kappa shape index (κ1) is 17.5. The van der Waals surface area contributed by atoms with E-state index in [-0.39, 0.29) is 10.2 Å². The summed E-state index contributed by atoms with van der Waals surface area (Å²) in [6.45, 7) is 0. The topological polar surface area (TPSA) is 129 Å². The highest BCUT2D eigenvalue weighted by atomic mass is 32.2. The molecule has 0 saturated heterocycles. The van der Waals surface area contributed by atoms with Crippen LogP contribution in [0.5, 0.6) is 0 Å². The smallest absolute Gasteiger partial charge is 0.362 e. The number of hydrogen-bond acceptors (Lipinski definition) is 5. The van der Waals surface area contributed by atoms with E-state index in [1.807, 2.05) is 21.1 Å². The van der Waals surface area contributed by atoms with Gasteiger partial charge in [-0.3, -0.25) is 4.79 Å². The number of quaternary nitrogens is 1. The number of carbonyl (C=O) groups is 2. The van der Waals surface area contributed by atoms with Gasteiger partial charge in [-0.25, -0.2) is 9.78 Å². The largest absolute Gasteiger partial charge is 0.480 e. The molecule has 0 spiro atoms. The number of carboxylic acid groups (broad SMARTS) is 2. The van der Waals surface area contributed by atoms with Crippen LogP contribution < -0.4 is 5.73 Å². The van der Waals surface area contributed by atoms with Crippen LogP contribution in [0.3, 0.4) is 0 Å². The second kappa shape index (κ2) is 6.92. The van der Waals surface area contributed by atoms with Gasteiger partial charge in [-0.1, -0.05) is 11.8 Å². The molecule has 0 saturated carbocycles. The molecule has 1 unspecified atom stereocenters. The van der Waals surface area contributed by atoms with Crippen LogP contribution in [0, 0.1) is 0 Å². The number of nitrogens with zero attached hydrogens (tertiary/aromatic N) is 2. The molecule has 0 radical (unpaired) electrons. The predicted molar refractivity (Wildman–Crippen MR) is 78.1 cm³/mol. The first-order chi connectivity index (χ1) is 9.61. The fourth-order valence-electron chi connectivity index (χ4n) is 1.65. The van der Waals surface area contributed by atoms with E-state index in [0.29, 0.717) is 17.3 Å². The summed E-state index contributed by atoms with van der Waals surface area (Å²) in [5, 5.41) is 18.5. The van der Waals surface area contributed by atoms with Crippen LogP contribution in [0.15, 0.2) is 11.4 Å². The minimum Gasteiger partial charge on any atom is -0.480 e. The molecule has 8 nitrogen and oxygen atoms in total. The zero-order valence-corrected chi connectivity index (χ0v) is 13.1. The number of aromatic nitrogens is 2. The van der Waals surface area contributed by atoms with Crippen molar-refractivity contribution in [1.29, 1.82) is 0 Å². The van der Waals surface area contributed by atoms with Gasteiger partial charge >= 0.3 is 11.9 Å². The summed E-state index contributed by atoms with van der Waals surface area (Å²) < 4.78 is 0.286. The average molecular weight is 317 g/mol. The summed E-state index contributed by atoms with van der Waals surface area (Å²) in [6.07, 6.45) is 1.93. The van der Waals surface area contributed by atoms with Gasteiger partial charge in [0.2, 0.25) is 0 Å². The Labute approximate surface area is 126 Å². The minimum absolute atomic E-state index is 0.194. The Balaban J connectivity index is 2.66. The number of hydrogen-bond donors (Lipinski definition) is 4. The highest BCUT2D eigenvalue weighted by Crippen LogP contribution is 2.17. The quantitative estimate of drug-likeness (QED) is 0.380. The van der Waals surface area contributed by atoms with Crippen molar-refractivity contribution in [2.45, 2.75) is 23.7 Å². The number of likely N-dealkylation sites (N-methyl/N-ethyl adjacent to an activating group) is 1. The van der Waals surface area contributed by atoms with Gasteiger partial charge in [-0.05, 0) is 0 Å². The van der Waals surface area contributed by atoms with E-state index in [1.165, 1.54) is 11.8 Å². The summed E-state index contributed by atoms with van der Waals surface area (Å²) >= 11 is 1.20. The molecule has 0 aliphatic carbocycles. The molecule has 9 heteroatoms. The lowest BCUT2D eigenvalue weighted by Crippen LogP contribution is -2.51. The molecular formula is C12H21N4O4S+. The Kier molecular flexibility index (Phi) is 5.76. The van der Waals surface area contributed by atoms with Crippen molar-refractivity contribution < 1.29 is 24.3 Å². The van der Waals surface area contributed by atoms with Crippen LogP contribution in [-0.2, 0) is 16.0 Å². The molecule has 0 aliphatic rings. The number of carboxylic acids is 2. The van der Waals surface area contributed by atoms with Crippen LogP contribution in [0.1, 0.15) is 5.69 Å². The van der Waals surface area contributed by atoms with Crippen LogP contribution in [-0.4, -0.2) is 75.6 Å². The molecule has 1 rings (SSSR count). The number of nitrogens with two attached hydrogens (primary N) is 1. The van der Waals surface area contributed by atoms with Crippen molar-refractivity contribution in [2.75, 3.05) is 26.9 Å². The number of imidazole rings is 1. The van der Waals surface area contributed by atoms with E-state index < -0.39 is 24.0 Å². The van der Waals surface area contributed by atoms with Gasteiger partial charge in [0.25, 0.3) is 0 Å². The number of aromatic amines is 1. The van der Waals surface area contributed by atoms with Crippen molar-refractivity contribution >= 4 is 23.7 Å². The fraction of sp³-hybridized carbons (Fsp3) is 0.583. The number of H-pyrrole nitrogens is 1. The molecule has 0 fully saturated rings. The lowest BCUT2D eigenvalue weighted by Gasteiger charge is -2.30. The van der Waals surface area contributed by atoms with E-state index in [4.69, 9.17) is 10.8 Å². The Hall–Kier alpha value is -1.58. The third kappa shape index (κ3) is 5.37. The zero-order chi connectivity index (χ0) is 16.2. The van der Waals surface area contributed by atoms with Crippen LogP contribution >= 0.6 is 11.8 Å². The van der Waals surface area contributed by atoms with E-state index in [2.05, 4.69) is 9.97 Å². The predicted octanol–water partition coefficient (Wildman–Crippen LogP) is -0.384. The Bertz CT molecular complexity index is 512. The molecule has 0 aromatic carbocycles. The number of rotatable bonds is 8. The van der Waals surface area contributed by atoms with E-state index >= 15 is 0 Å². The van der Waals surface area contributed by atoms with Gasteiger partial charge in [0.05, 0.1) is 33.3 Å². The maximum atomic E-state index is 11.3. The second-order valence-electron chi connectivity index (χ2n) is 5.63. The molecular weight excluding hydrogens is 296 g/mol. The van der Waals surface area contributed by atoms with E-state index in [0.717, 1.165) is 0 Å². The van der Waals surface area contributed by atoms with Gasteiger partial charge in [0.15, 0.2) is 11.2 Å². The third-order valence-electron chi connectivity index (χ3n) is 2.95. The molecule has 21 heavy (non-hydrogen) atoms. The molecule has 0 aliphatic heterocycles. The maximum Gasteiger partial charge on any atom is 0.362 e. The average Bonchev–Trinajstić information content (AvgIpc) is 2.78. The Morgan fingerprint density at radius 3 is 2.48 bits per heavy atom. The second-order valence-corrected chi connectivity index (χ2v) is 6.64. The van der Waals surface area contributed by atoms with Gasteiger partial charge in [-0.2, -0.15) is 0 Å². The molecule has 118 valence electrons. The summed E-state index contributed by atoms with van der Waals surface area (Å²) in [5.74, 6) is -1.75. The number of thioether (sulfide) groups is 1. The number of aliphatic carboxylic acids is 2. The zero-order valence-electron chi connectivity index (χ0n) is 12.2. The summed E-state index contributed by atoms with van der Waals surface area (Å²) in [6, 6.07) is -1.56. The van der Waals surface area contributed by atoms with Crippen molar-refractivity contribution in [1.82, 2.24) is 9.97 Å². The summed E-state index contributed by atoms with van der Waals surface area (Å²) in [4.78, 5) is 29.1. The molecule has 0 bridgehead atoms. The molecule has 1 heterocycles. The fourth-order valence-corrected chi connectivity index (χ4v) is 2.45. The lowest BCUT2D eigenvalue weighted by molar-refractivity contribution is -0.887. The molecule has 1 aromatic rings. The molecule has 0 amide bonds. The standard InChI is InChI=1S/C12H20N4O4S/c1-16(2,3)9(11(19)20)4-7-5-14-12(15-7)21-6-8(13)10(17)18/h5,8-9H,4,6,13H2,1-3H3,(H2-,14,15,17,18,19,20)/p+1/t8-,9?/m0/s1. The Morgan fingerprint density at radius 1 is 1.38 bits per heavy atom. The van der Waals surface area contributed by atoms with E-state index in [1.54, 1.807) is 6.20 Å². The van der Waals surface area contributed by atoms with Gasteiger partial charge in [-0.15, -0.1) is 0 Å². The summed E-state index contributed by atoms with van der Waals surface area (Å²) in [5.41, 5.74) is 6.03. The van der Waals surface area contributed by atoms with Crippen LogP contribution in [0.4, 0.5) is 0 Å². The first-order valence-electron chi connectivity index (χ1n) is 6.30. The molecule has 5 N–H and O–H groups in total. The third-order valence-corrected chi connectivity index (χ3v) is 3.96. The molecule has 1 aromatic heterocycles. The van der Waals surface area contributed by atoms with Crippen LogP contribution in [0.2, 0.25) is 0 Å². The number of nitrogens with one attached hydrogen (secondary N) is 1. The first-order valence-corrected chi connectivity index (χ1v) is 7.29. The molecule has 2 atom stereocenters. The SMILES string of the molecule is C[N+](C)(C)C(Cc1c[nH]c(SC[C@H](N)C(=O)O)n1)C(=O)O. The van der Waals surface area contributed by atoms with Gasteiger partial charge in [0.1, 0.15) is 6.04 Å². The van der Waals surface area contributed by atoms with Gasteiger partial charge in [0, 0.05) is 11.9 Å². The highest BCUT2D eigenvalue weighted by molar-refractivity contribution is 7.99. The maximum absolute atomic E-state index is 11.3. The highest BCUT2D eigenvalue weighted by Gasteiger charge is 2.32. The van der Waals surface area contributed by atoms with Crippen molar-refractivity contribution in [2.24, 2.45) is 5.73 Å². The van der Waals surface area contributed by atoms with E-state index in [9.17, 15) is 14.7 Å². The normalized spacial score (nSPS) is 14.7. The van der Waals surface area contributed by atoms with Gasteiger partial charge < -0.3 is 25.4 Å². The minimum atomic E-state index is -1.06. The van der Waals surface area contributed by atoms with Crippen molar-refractivity contribution in [3.63, 3.8) is 0 Å². The monoisotopic (exact) mass is 317 g/mol. The Morgan fingerprint density at radius 2 is 2.00 bits per heavy atom.